The van der Waals surface area contributed by atoms with Crippen molar-refractivity contribution in [1.29, 1.82) is 0 Å². The van der Waals surface area contributed by atoms with E-state index in [1.807, 2.05) is 6.92 Å². The maximum atomic E-state index is 12.1. The molecule has 2 atom stereocenters. The topological polar surface area (TPSA) is 76.1 Å². The lowest BCUT2D eigenvalue weighted by molar-refractivity contribution is -0.147. The van der Waals surface area contributed by atoms with Crippen molar-refractivity contribution in [2.75, 3.05) is 13.8 Å². The molecule has 0 aliphatic heterocycles. The molecule has 0 aromatic carbocycles. The van der Waals surface area contributed by atoms with Gasteiger partial charge in [0.1, 0.15) is 18.4 Å². The van der Waals surface area contributed by atoms with Gasteiger partial charge >= 0.3 is 12.1 Å². The number of rotatable bonds is 6. The van der Waals surface area contributed by atoms with Gasteiger partial charge in [-0.2, -0.15) is 0 Å². The molecule has 0 fully saturated rings. The minimum atomic E-state index is -1.06. The van der Waals surface area contributed by atoms with Gasteiger partial charge < -0.3 is 14.6 Å². The number of hydrogen-bond acceptors (Lipinski definition) is 4. The second kappa shape index (κ2) is 7.33. The van der Waals surface area contributed by atoms with Crippen LogP contribution in [0.15, 0.2) is 0 Å². The summed E-state index contributed by atoms with van der Waals surface area (Å²) >= 11 is 0. The van der Waals surface area contributed by atoms with Gasteiger partial charge in [-0.05, 0) is 26.7 Å². The molecule has 0 radical (unpaired) electrons. The quantitative estimate of drug-likeness (QED) is 0.753. The lowest BCUT2D eigenvalue weighted by Crippen LogP contribution is -2.51. The zero-order valence-electron chi connectivity index (χ0n) is 12.6. The average molecular weight is 275 g/mol. The van der Waals surface area contributed by atoms with Crippen molar-refractivity contribution >= 4 is 12.1 Å². The molecule has 0 saturated carbocycles. The summed E-state index contributed by atoms with van der Waals surface area (Å²) in [6.45, 7) is 8.74. The number of amides is 1. The molecule has 0 aliphatic rings. The molecule has 1 N–H and O–H groups in total. The Bertz CT molecular complexity index is 311. The molecule has 6 heteroatoms. The molecule has 0 spiro atoms. The van der Waals surface area contributed by atoms with E-state index in [1.54, 1.807) is 27.7 Å². The molecule has 0 saturated heterocycles. The third-order valence-electron chi connectivity index (χ3n) is 2.67. The third-order valence-corrected chi connectivity index (χ3v) is 2.67. The maximum Gasteiger partial charge on any atom is 0.412 e. The van der Waals surface area contributed by atoms with Crippen molar-refractivity contribution in [2.45, 2.75) is 52.7 Å². The predicted octanol–water partition coefficient (Wildman–Crippen LogP) is 2.33. The Kier molecular flexibility index (Phi) is 6.83. The summed E-state index contributed by atoms with van der Waals surface area (Å²) in [7, 11) is 1.41. The van der Waals surface area contributed by atoms with Crippen molar-refractivity contribution < 1.29 is 24.2 Å². The summed E-state index contributed by atoms with van der Waals surface area (Å²) in [5.41, 5.74) is -0.679. The molecule has 1 amide bonds. The van der Waals surface area contributed by atoms with Crippen LogP contribution in [0.2, 0.25) is 0 Å². The summed E-state index contributed by atoms with van der Waals surface area (Å²) in [5, 5.41) is 9.31. The summed E-state index contributed by atoms with van der Waals surface area (Å²) in [6, 6.07) is -0.959. The first kappa shape index (κ1) is 17.7. The molecule has 19 heavy (non-hydrogen) atoms. The highest BCUT2D eigenvalue weighted by molar-refractivity contribution is 5.80. The van der Waals surface area contributed by atoms with Gasteiger partial charge in [0.15, 0.2) is 0 Å². The highest BCUT2D eigenvalue weighted by Crippen LogP contribution is 2.19. The average Bonchev–Trinajstić information content (AvgIpc) is 2.25. The number of methoxy groups -OCH3 is 1. The molecular formula is C13H25NO5. The van der Waals surface area contributed by atoms with Crippen LogP contribution in [-0.2, 0) is 14.3 Å². The Hall–Kier alpha value is -1.30. The molecule has 6 nitrogen and oxygen atoms in total. The van der Waals surface area contributed by atoms with Gasteiger partial charge in [-0.25, -0.2) is 9.59 Å². The van der Waals surface area contributed by atoms with Crippen molar-refractivity contribution in [3.8, 4) is 0 Å². The summed E-state index contributed by atoms with van der Waals surface area (Å²) in [4.78, 5) is 24.6. The number of carbonyl (C=O) groups excluding carboxylic acids is 1. The Labute approximate surface area is 114 Å². The zero-order chi connectivity index (χ0) is 15.2. The highest BCUT2D eigenvalue weighted by atomic mass is 16.6. The van der Waals surface area contributed by atoms with Crippen LogP contribution in [-0.4, -0.2) is 47.6 Å². The third kappa shape index (κ3) is 5.92. The first-order valence-corrected chi connectivity index (χ1v) is 6.35. The van der Waals surface area contributed by atoms with E-state index in [4.69, 9.17) is 9.47 Å². The molecule has 0 bridgehead atoms. The smallest absolute Gasteiger partial charge is 0.412 e. The second-order valence-electron chi connectivity index (χ2n) is 5.54. The van der Waals surface area contributed by atoms with Crippen molar-refractivity contribution in [3.63, 3.8) is 0 Å². The molecule has 0 unspecified atom stereocenters. The van der Waals surface area contributed by atoms with Crippen molar-refractivity contribution in [2.24, 2.45) is 5.92 Å². The number of carboxylic acid groups (broad SMARTS) is 1. The number of carbonyl (C=O) groups is 2. The molecule has 0 aliphatic carbocycles. The number of hydrogen-bond donors (Lipinski definition) is 1. The van der Waals surface area contributed by atoms with Gasteiger partial charge in [-0.1, -0.05) is 20.3 Å². The van der Waals surface area contributed by atoms with E-state index in [2.05, 4.69) is 0 Å². The van der Waals surface area contributed by atoms with Gasteiger partial charge in [0.25, 0.3) is 0 Å². The van der Waals surface area contributed by atoms with Crippen LogP contribution in [0.3, 0.4) is 0 Å². The van der Waals surface area contributed by atoms with E-state index in [-0.39, 0.29) is 12.6 Å². The van der Waals surface area contributed by atoms with Crippen LogP contribution in [0, 0.1) is 5.92 Å². The Morgan fingerprint density at radius 3 is 2.16 bits per heavy atom. The molecule has 0 aromatic heterocycles. The van der Waals surface area contributed by atoms with Crippen LogP contribution >= 0.6 is 0 Å². The molecule has 112 valence electrons. The monoisotopic (exact) mass is 275 g/mol. The Morgan fingerprint density at radius 2 is 1.84 bits per heavy atom. The number of carboxylic acids is 1. The molecule has 0 aromatic rings. The predicted molar refractivity (Wildman–Crippen MR) is 70.8 cm³/mol. The van der Waals surface area contributed by atoms with Gasteiger partial charge in [0.2, 0.25) is 0 Å². The molecular weight excluding hydrogens is 250 g/mol. The summed E-state index contributed by atoms with van der Waals surface area (Å²) in [5.74, 6) is -1.25. The van der Waals surface area contributed by atoms with Crippen LogP contribution in [0.4, 0.5) is 4.79 Å². The standard InChI is InChI=1S/C13H25NO5/c1-7-9(2)10(11(15)16)14(8-18-6)12(17)19-13(3,4)5/h9-10H,7-8H2,1-6H3,(H,15,16)/t9-,10+/m0/s1. The van der Waals surface area contributed by atoms with E-state index in [9.17, 15) is 14.7 Å². The van der Waals surface area contributed by atoms with Crippen LogP contribution < -0.4 is 0 Å². The number of ether oxygens (including phenoxy) is 2. The van der Waals surface area contributed by atoms with Crippen LogP contribution in [0.25, 0.3) is 0 Å². The molecule has 0 heterocycles. The highest BCUT2D eigenvalue weighted by Gasteiger charge is 2.36. The fourth-order valence-electron chi connectivity index (χ4n) is 1.61. The summed E-state index contributed by atoms with van der Waals surface area (Å²) < 4.78 is 10.1. The fraction of sp³-hybridized carbons (Fsp3) is 0.846. The van der Waals surface area contributed by atoms with E-state index >= 15 is 0 Å². The van der Waals surface area contributed by atoms with Gasteiger partial charge in [0, 0.05) is 7.11 Å². The SMILES string of the molecule is CC[C@H](C)[C@H](C(=O)O)N(COC)C(=O)OC(C)(C)C. The van der Waals surface area contributed by atoms with E-state index in [0.717, 1.165) is 4.90 Å². The Balaban J connectivity index is 5.14. The normalized spacial score (nSPS) is 14.6. The van der Waals surface area contributed by atoms with Gasteiger partial charge in [-0.3, -0.25) is 4.90 Å². The maximum absolute atomic E-state index is 12.1. The van der Waals surface area contributed by atoms with Crippen molar-refractivity contribution in [1.82, 2.24) is 4.90 Å². The van der Waals surface area contributed by atoms with Crippen LogP contribution in [0.1, 0.15) is 41.0 Å². The molecule has 0 rings (SSSR count). The number of nitrogens with zero attached hydrogens (tertiary/aromatic N) is 1. The van der Waals surface area contributed by atoms with E-state index < -0.39 is 23.7 Å². The zero-order valence-corrected chi connectivity index (χ0v) is 12.6. The first-order chi connectivity index (χ1) is 8.64. The minimum absolute atomic E-state index is 0.115. The number of aliphatic carboxylic acids is 1. The largest absolute Gasteiger partial charge is 0.480 e. The second-order valence-corrected chi connectivity index (χ2v) is 5.54. The van der Waals surface area contributed by atoms with E-state index in [1.165, 1.54) is 7.11 Å². The fourth-order valence-corrected chi connectivity index (χ4v) is 1.61. The Morgan fingerprint density at radius 1 is 1.32 bits per heavy atom. The van der Waals surface area contributed by atoms with Crippen LogP contribution in [0.5, 0.6) is 0 Å². The lowest BCUT2D eigenvalue weighted by Gasteiger charge is -2.33. The lowest BCUT2D eigenvalue weighted by atomic mass is 9.98. The first-order valence-electron chi connectivity index (χ1n) is 6.35. The van der Waals surface area contributed by atoms with E-state index in [0.29, 0.717) is 6.42 Å². The van der Waals surface area contributed by atoms with Crippen molar-refractivity contribution in [3.05, 3.63) is 0 Å². The van der Waals surface area contributed by atoms with Gasteiger partial charge in [-0.15, -0.1) is 0 Å². The summed E-state index contributed by atoms with van der Waals surface area (Å²) in [6.07, 6.45) is -0.0398. The van der Waals surface area contributed by atoms with Gasteiger partial charge in [0.05, 0.1) is 0 Å². The minimum Gasteiger partial charge on any atom is -0.480 e.